The second-order valence-electron chi connectivity index (χ2n) is 7.44. The van der Waals surface area contributed by atoms with Crippen molar-refractivity contribution in [3.63, 3.8) is 0 Å². The van der Waals surface area contributed by atoms with E-state index in [1.807, 2.05) is 0 Å². The summed E-state index contributed by atoms with van der Waals surface area (Å²) in [5.74, 6) is 2.50. The predicted octanol–water partition coefficient (Wildman–Crippen LogP) is 4.21. The molecule has 2 heteroatoms. The minimum Gasteiger partial charge on any atom is -0.384 e. The van der Waals surface area contributed by atoms with Gasteiger partial charge in [0.05, 0.1) is 0 Å². The summed E-state index contributed by atoms with van der Waals surface area (Å²) < 4.78 is 0. The fourth-order valence-electron chi connectivity index (χ4n) is 4.24. The van der Waals surface area contributed by atoms with Gasteiger partial charge in [0.25, 0.3) is 0 Å². The zero-order valence-corrected chi connectivity index (χ0v) is 13.8. The predicted molar refractivity (Wildman–Crippen MR) is 90.6 cm³/mol. The lowest BCUT2D eigenvalue weighted by molar-refractivity contribution is 0.169. The topological polar surface area (TPSA) is 24.1 Å². The largest absolute Gasteiger partial charge is 0.384 e. The minimum atomic E-state index is 0.686. The normalized spacial score (nSPS) is 28.5. The molecule has 2 N–H and O–H groups in total. The number of benzene rings is 1. The molecule has 2 aliphatic rings. The Hall–Kier alpha value is -1.02. The van der Waals surface area contributed by atoms with Crippen molar-refractivity contribution in [2.24, 2.45) is 17.8 Å². The van der Waals surface area contributed by atoms with Gasteiger partial charge in [0, 0.05) is 24.8 Å². The molecule has 1 fully saturated rings. The van der Waals surface area contributed by atoms with Gasteiger partial charge in [0.1, 0.15) is 0 Å². The van der Waals surface area contributed by atoms with Crippen LogP contribution in [-0.4, -0.2) is 12.6 Å². The van der Waals surface area contributed by atoms with Crippen LogP contribution in [-0.2, 0) is 13.0 Å². The molecule has 1 aromatic carbocycles. The Bertz CT molecular complexity index is 480. The highest BCUT2D eigenvalue weighted by molar-refractivity contribution is 5.61. The third-order valence-corrected chi connectivity index (χ3v) is 5.51. The van der Waals surface area contributed by atoms with Gasteiger partial charge in [-0.05, 0) is 48.1 Å². The van der Waals surface area contributed by atoms with Crippen LogP contribution in [0.2, 0.25) is 0 Å². The molecule has 0 bridgehead atoms. The molecule has 116 valence electrons. The summed E-state index contributed by atoms with van der Waals surface area (Å²) in [5, 5.41) is 7.45. The smallest absolute Gasteiger partial charge is 0.0419 e. The van der Waals surface area contributed by atoms with Gasteiger partial charge in [-0.1, -0.05) is 45.4 Å². The molecule has 1 saturated carbocycles. The highest BCUT2D eigenvalue weighted by Gasteiger charge is 2.30. The van der Waals surface area contributed by atoms with E-state index in [-0.39, 0.29) is 0 Å². The molecular formula is C19H30N2. The molecule has 1 heterocycles. The van der Waals surface area contributed by atoms with E-state index in [9.17, 15) is 0 Å². The van der Waals surface area contributed by atoms with Gasteiger partial charge < -0.3 is 10.6 Å². The van der Waals surface area contributed by atoms with Crippen molar-refractivity contribution in [2.45, 2.75) is 59.0 Å². The van der Waals surface area contributed by atoms with Gasteiger partial charge in [-0.15, -0.1) is 0 Å². The van der Waals surface area contributed by atoms with Crippen LogP contribution in [0.5, 0.6) is 0 Å². The van der Waals surface area contributed by atoms with E-state index in [0.717, 1.165) is 30.8 Å². The molecule has 2 nitrogen and oxygen atoms in total. The van der Waals surface area contributed by atoms with Crippen LogP contribution < -0.4 is 10.6 Å². The van der Waals surface area contributed by atoms with Gasteiger partial charge >= 0.3 is 0 Å². The molecule has 0 radical (unpaired) electrons. The maximum absolute atomic E-state index is 3.89. The summed E-state index contributed by atoms with van der Waals surface area (Å²) in [6.45, 7) is 9.29. The molecule has 1 aromatic rings. The number of rotatable bonds is 4. The highest BCUT2D eigenvalue weighted by atomic mass is 14.9. The number of anilines is 1. The Balaban J connectivity index is 1.67. The standard InChI is InChI=1S/C19H30N2/c1-13(2)17-8-7-14(3)11-18(17)21-12-16-6-4-5-15-9-10-20-19(15)16/h4-6,13-14,17-18,20-21H,7-12H2,1-3H3. The van der Waals surface area contributed by atoms with E-state index in [0.29, 0.717) is 6.04 Å². The number of hydrogen-bond acceptors (Lipinski definition) is 2. The molecule has 3 rings (SSSR count). The van der Waals surface area contributed by atoms with E-state index in [1.54, 1.807) is 0 Å². The minimum absolute atomic E-state index is 0.686. The molecule has 0 spiro atoms. The average molecular weight is 286 g/mol. The third-order valence-electron chi connectivity index (χ3n) is 5.51. The highest BCUT2D eigenvalue weighted by Crippen LogP contribution is 2.34. The first-order valence-corrected chi connectivity index (χ1v) is 8.73. The van der Waals surface area contributed by atoms with Gasteiger partial charge in [0.2, 0.25) is 0 Å². The van der Waals surface area contributed by atoms with Crippen LogP contribution in [0.25, 0.3) is 0 Å². The number of para-hydroxylation sites is 1. The first-order chi connectivity index (χ1) is 10.1. The summed E-state index contributed by atoms with van der Waals surface area (Å²) in [7, 11) is 0. The first kappa shape index (κ1) is 14.9. The van der Waals surface area contributed by atoms with Crippen molar-refractivity contribution >= 4 is 5.69 Å². The lowest BCUT2D eigenvalue weighted by Crippen LogP contribution is -2.42. The third kappa shape index (κ3) is 3.26. The Morgan fingerprint density at radius 2 is 2.14 bits per heavy atom. The fraction of sp³-hybridized carbons (Fsp3) is 0.684. The molecule has 1 aliphatic carbocycles. The Kier molecular flexibility index (Phi) is 4.54. The average Bonchev–Trinajstić information content (AvgIpc) is 2.93. The van der Waals surface area contributed by atoms with E-state index in [2.05, 4.69) is 49.6 Å². The monoisotopic (exact) mass is 286 g/mol. The zero-order chi connectivity index (χ0) is 14.8. The van der Waals surface area contributed by atoms with E-state index in [4.69, 9.17) is 0 Å². The van der Waals surface area contributed by atoms with Crippen LogP contribution in [0.1, 0.15) is 51.2 Å². The number of fused-ring (bicyclic) bond motifs is 1. The van der Waals surface area contributed by atoms with E-state index in [1.165, 1.54) is 42.5 Å². The molecule has 0 aromatic heterocycles. The maximum Gasteiger partial charge on any atom is 0.0419 e. The molecule has 1 aliphatic heterocycles. The quantitative estimate of drug-likeness (QED) is 0.866. The van der Waals surface area contributed by atoms with Gasteiger partial charge in [0.15, 0.2) is 0 Å². The lowest BCUT2D eigenvalue weighted by atomic mass is 9.74. The second-order valence-corrected chi connectivity index (χ2v) is 7.44. The van der Waals surface area contributed by atoms with Gasteiger partial charge in [-0.25, -0.2) is 0 Å². The first-order valence-electron chi connectivity index (χ1n) is 8.73. The Labute approximate surface area is 129 Å². The molecular weight excluding hydrogens is 256 g/mol. The zero-order valence-electron chi connectivity index (χ0n) is 13.8. The van der Waals surface area contributed by atoms with Crippen LogP contribution in [0, 0.1) is 17.8 Å². The SMILES string of the molecule is CC1CCC(C(C)C)C(NCc2cccc3c2NCC3)C1. The van der Waals surface area contributed by atoms with Crippen molar-refractivity contribution < 1.29 is 0 Å². The van der Waals surface area contributed by atoms with Gasteiger partial charge in [-0.3, -0.25) is 0 Å². The van der Waals surface area contributed by atoms with Crippen LogP contribution in [0.3, 0.4) is 0 Å². The van der Waals surface area contributed by atoms with E-state index >= 15 is 0 Å². The molecule has 3 unspecified atom stereocenters. The van der Waals surface area contributed by atoms with Crippen molar-refractivity contribution in [3.8, 4) is 0 Å². The van der Waals surface area contributed by atoms with E-state index < -0.39 is 0 Å². The summed E-state index contributed by atoms with van der Waals surface area (Å²) in [6.07, 6.45) is 5.31. The number of hydrogen-bond donors (Lipinski definition) is 2. The second kappa shape index (κ2) is 6.39. The van der Waals surface area contributed by atoms with Gasteiger partial charge in [-0.2, -0.15) is 0 Å². The van der Waals surface area contributed by atoms with Crippen molar-refractivity contribution in [1.29, 1.82) is 0 Å². The summed E-state index contributed by atoms with van der Waals surface area (Å²) in [4.78, 5) is 0. The van der Waals surface area contributed by atoms with Crippen molar-refractivity contribution in [2.75, 3.05) is 11.9 Å². The fourth-order valence-corrected chi connectivity index (χ4v) is 4.24. The molecule has 3 atom stereocenters. The van der Waals surface area contributed by atoms with Crippen LogP contribution in [0.15, 0.2) is 18.2 Å². The Morgan fingerprint density at radius 1 is 1.29 bits per heavy atom. The molecule has 0 saturated heterocycles. The van der Waals surface area contributed by atoms with Crippen molar-refractivity contribution in [1.82, 2.24) is 5.32 Å². The Morgan fingerprint density at radius 3 is 2.95 bits per heavy atom. The van der Waals surface area contributed by atoms with Crippen LogP contribution in [0.4, 0.5) is 5.69 Å². The summed E-state index contributed by atoms with van der Waals surface area (Å²) >= 11 is 0. The molecule has 21 heavy (non-hydrogen) atoms. The number of nitrogens with one attached hydrogen (secondary N) is 2. The maximum atomic E-state index is 3.89. The van der Waals surface area contributed by atoms with Crippen molar-refractivity contribution in [3.05, 3.63) is 29.3 Å². The summed E-state index contributed by atoms with van der Waals surface area (Å²) in [5.41, 5.74) is 4.34. The lowest BCUT2D eigenvalue weighted by Gasteiger charge is -2.38. The molecule has 0 amide bonds. The summed E-state index contributed by atoms with van der Waals surface area (Å²) in [6, 6.07) is 7.44. The van der Waals surface area contributed by atoms with Crippen LogP contribution >= 0.6 is 0 Å².